The van der Waals surface area contributed by atoms with Crippen molar-refractivity contribution in [3.8, 4) is 16.2 Å². The molecule has 0 atom stereocenters. The highest BCUT2D eigenvalue weighted by Gasteiger charge is 2.19. The van der Waals surface area contributed by atoms with Crippen LogP contribution in [0.1, 0.15) is 5.56 Å². The molecule has 20 heavy (non-hydrogen) atoms. The van der Waals surface area contributed by atoms with Crippen molar-refractivity contribution in [2.24, 2.45) is 5.18 Å². The lowest BCUT2D eigenvalue weighted by Gasteiger charge is -2.04. The minimum absolute atomic E-state index is 0.410. The van der Waals surface area contributed by atoms with Gasteiger partial charge in [0.05, 0.1) is 6.61 Å². The summed E-state index contributed by atoms with van der Waals surface area (Å²) in [5.41, 5.74) is 2.53. The van der Waals surface area contributed by atoms with Gasteiger partial charge in [0.25, 0.3) is 0 Å². The molecule has 98 valence electrons. The van der Waals surface area contributed by atoms with E-state index in [0.29, 0.717) is 18.0 Å². The molecule has 1 aliphatic heterocycles. The van der Waals surface area contributed by atoms with Crippen LogP contribution in [-0.4, -0.2) is 6.61 Å². The zero-order chi connectivity index (χ0) is 13.5. The van der Waals surface area contributed by atoms with Gasteiger partial charge in [-0.3, -0.25) is 0 Å². The highest BCUT2D eigenvalue weighted by Crippen LogP contribution is 2.42. The van der Waals surface area contributed by atoms with Crippen molar-refractivity contribution < 1.29 is 4.74 Å². The molecule has 1 aromatic heterocycles. The molecule has 0 fully saturated rings. The molecule has 0 unspecified atom stereocenters. The Morgan fingerprint density at radius 1 is 1.15 bits per heavy atom. The predicted octanol–water partition coefficient (Wildman–Crippen LogP) is 4.90. The van der Waals surface area contributed by atoms with E-state index < -0.39 is 0 Å². The van der Waals surface area contributed by atoms with E-state index in [0.717, 1.165) is 22.4 Å². The molecule has 4 rings (SSSR count). The molecule has 0 bridgehead atoms. The zero-order valence-corrected chi connectivity index (χ0v) is 11.4. The zero-order valence-electron chi connectivity index (χ0n) is 10.6. The van der Waals surface area contributed by atoms with Gasteiger partial charge in [-0.15, -0.1) is 16.2 Å². The Morgan fingerprint density at radius 3 is 2.90 bits per heavy atom. The van der Waals surface area contributed by atoms with Crippen molar-refractivity contribution >= 4 is 27.1 Å². The van der Waals surface area contributed by atoms with Crippen LogP contribution in [0, 0.1) is 4.91 Å². The van der Waals surface area contributed by atoms with Crippen molar-refractivity contribution in [1.29, 1.82) is 0 Å². The molecule has 3 aromatic rings. The average Bonchev–Trinajstić information content (AvgIpc) is 3.12. The monoisotopic (exact) mass is 281 g/mol. The number of rotatable bonds is 2. The molecule has 0 amide bonds. The Hall–Kier alpha value is -2.20. The lowest BCUT2D eigenvalue weighted by molar-refractivity contribution is 0.358. The minimum atomic E-state index is 0.410. The summed E-state index contributed by atoms with van der Waals surface area (Å²) in [6.45, 7) is 0.633. The fourth-order valence-electron chi connectivity index (χ4n) is 2.62. The number of fused-ring (bicyclic) bond motifs is 2. The largest absolute Gasteiger partial charge is 0.491 e. The van der Waals surface area contributed by atoms with Crippen molar-refractivity contribution in [2.45, 2.75) is 6.42 Å². The third-order valence-electron chi connectivity index (χ3n) is 3.57. The predicted molar refractivity (Wildman–Crippen MR) is 81.9 cm³/mol. The summed E-state index contributed by atoms with van der Waals surface area (Å²) in [5, 5.41) is 4.34. The van der Waals surface area contributed by atoms with Gasteiger partial charge in [-0.1, -0.05) is 18.2 Å². The van der Waals surface area contributed by atoms with Crippen LogP contribution in [-0.2, 0) is 6.42 Å². The SMILES string of the molecule is O=Nc1cc(-c2cc3ccccc3s2)cc2c1OCC2. The number of hydrogen-bond donors (Lipinski definition) is 0. The number of nitrogens with zero attached hydrogens (tertiary/aromatic N) is 1. The summed E-state index contributed by atoms with van der Waals surface area (Å²) in [4.78, 5) is 12.2. The van der Waals surface area contributed by atoms with Gasteiger partial charge in [0, 0.05) is 21.6 Å². The number of thiophene rings is 1. The van der Waals surface area contributed by atoms with Crippen LogP contribution >= 0.6 is 11.3 Å². The molecule has 3 nitrogen and oxygen atoms in total. The Bertz CT molecular complexity index is 789. The van der Waals surface area contributed by atoms with E-state index in [-0.39, 0.29) is 0 Å². The molecule has 0 radical (unpaired) electrons. The van der Waals surface area contributed by atoms with Crippen molar-refractivity contribution in [2.75, 3.05) is 6.61 Å². The molecule has 0 N–H and O–H groups in total. The summed E-state index contributed by atoms with van der Waals surface area (Å²) in [7, 11) is 0. The lowest BCUT2D eigenvalue weighted by atomic mass is 10.1. The van der Waals surface area contributed by atoms with Gasteiger partial charge in [0.1, 0.15) is 0 Å². The van der Waals surface area contributed by atoms with Gasteiger partial charge in [0.2, 0.25) is 0 Å². The first-order chi connectivity index (χ1) is 9.85. The van der Waals surface area contributed by atoms with Crippen LogP contribution in [0.4, 0.5) is 5.69 Å². The summed E-state index contributed by atoms with van der Waals surface area (Å²) in [6, 6.07) is 14.4. The van der Waals surface area contributed by atoms with E-state index in [9.17, 15) is 4.91 Å². The van der Waals surface area contributed by atoms with Gasteiger partial charge in [-0.25, -0.2) is 0 Å². The van der Waals surface area contributed by atoms with Gasteiger partial charge in [0.15, 0.2) is 11.4 Å². The maximum atomic E-state index is 11.0. The first-order valence-electron chi connectivity index (χ1n) is 6.47. The van der Waals surface area contributed by atoms with Gasteiger partial charge >= 0.3 is 0 Å². The Kier molecular flexibility index (Phi) is 2.57. The minimum Gasteiger partial charge on any atom is -0.491 e. The van der Waals surface area contributed by atoms with Crippen LogP contribution in [0.3, 0.4) is 0 Å². The van der Waals surface area contributed by atoms with Crippen LogP contribution in [0.25, 0.3) is 20.5 Å². The van der Waals surface area contributed by atoms with E-state index in [1.54, 1.807) is 11.3 Å². The van der Waals surface area contributed by atoms with Gasteiger partial charge in [-0.2, -0.15) is 0 Å². The van der Waals surface area contributed by atoms with Crippen LogP contribution < -0.4 is 4.74 Å². The highest BCUT2D eigenvalue weighted by molar-refractivity contribution is 7.22. The summed E-state index contributed by atoms with van der Waals surface area (Å²) < 4.78 is 6.73. The molecule has 2 heterocycles. The number of ether oxygens (including phenoxy) is 1. The molecule has 2 aromatic carbocycles. The Morgan fingerprint density at radius 2 is 2.05 bits per heavy atom. The second-order valence-electron chi connectivity index (χ2n) is 4.82. The highest BCUT2D eigenvalue weighted by atomic mass is 32.1. The van der Waals surface area contributed by atoms with Crippen LogP contribution in [0.2, 0.25) is 0 Å². The molecule has 0 saturated carbocycles. The maximum Gasteiger partial charge on any atom is 0.151 e. The second-order valence-corrected chi connectivity index (χ2v) is 5.91. The second kappa shape index (κ2) is 4.42. The topological polar surface area (TPSA) is 38.7 Å². The summed E-state index contributed by atoms with van der Waals surface area (Å²) >= 11 is 1.73. The third kappa shape index (κ3) is 1.72. The molecular formula is C16H11NO2S. The fraction of sp³-hybridized carbons (Fsp3) is 0.125. The summed E-state index contributed by atoms with van der Waals surface area (Å²) in [6.07, 6.45) is 0.844. The fourth-order valence-corrected chi connectivity index (χ4v) is 3.67. The van der Waals surface area contributed by atoms with Crippen molar-refractivity contribution in [1.82, 2.24) is 0 Å². The van der Waals surface area contributed by atoms with E-state index in [1.807, 2.05) is 18.2 Å². The van der Waals surface area contributed by atoms with Crippen molar-refractivity contribution in [3.05, 3.63) is 52.9 Å². The van der Waals surface area contributed by atoms with Gasteiger partial charge < -0.3 is 4.74 Å². The maximum absolute atomic E-state index is 11.0. The number of nitroso groups, excluding NO2 is 1. The van der Waals surface area contributed by atoms with Crippen molar-refractivity contribution in [3.63, 3.8) is 0 Å². The summed E-state index contributed by atoms with van der Waals surface area (Å²) in [5.74, 6) is 0.657. The van der Waals surface area contributed by atoms with E-state index >= 15 is 0 Å². The normalized spacial score (nSPS) is 13.2. The molecule has 4 heteroatoms. The molecule has 0 aliphatic carbocycles. The van der Waals surface area contributed by atoms with E-state index in [2.05, 4.69) is 29.4 Å². The smallest absolute Gasteiger partial charge is 0.151 e. The Balaban J connectivity index is 1.91. The van der Waals surface area contributed by atoms with E-state index in [1.165, 1.54) is 10.1 Å². The standard InChI is InChI=1S/C16H11NO2S/c18-17-13-8-12(7-11-5-6-19-16(11)13)15-9-10-3-1-2-4-14(10)20-15/h1-4,7-9H,5-6H2. The molecule has 0 spiro atoms. The lowest BCUT2D eigenvalue weighted by Crippen LogP contribution is -1.86. The third-order valence-corrected chi connectivity index (χ3v) is 4.74. The molecule has 1 aliphatic rings. The first-order valence-corrected chi connectivity index (χ1v) is 7.29. The van der Waals surface area contributed by atoms with Crippen LogP contribution in [0.5, 0.6) is 5.75 Å². The van der Waals surface area contributed by atoms with E-state index in [4.69, 9.17) is 4.74 Å². The quantitative estimate of drug-likeness (QED) is 0.626. The molecule has 0 saturated heterocycles. The number of hydrogen-bond acceptors (Lipinski definition) is 4. The van der Waals surface area contributed by atoms with Gasteiger partial charge in [-0.05, 0) is 40.4 Å². The number of benzene rings is 2. The molecular weight excluding hydrogens is 270 g/mol. The average molecular weight is 281 g/mol. The van der Waals surface area contributed by atoms with Crippen LogP contribution in [0.15, 0.2) is 47.6 Å². The first kappa shape index (κ1) is 11.6. The Labute approximate surface area is 119 Å².